The van der Waals surface area contributed by atoms with Crippen LogP contribution in [0.3, 0.4) is 0 Å². The van der Waals surface area contributed by atoms with E-state index in [4.69, 9.17) is 26.3 Å². The molecule has 0 radical (unpaired) electrons. The van der Waals surface area contributed by atoms with E-state index in [-0.39, 0.29) is 22.2 Å². The second kappa shape index (κ2) is 9.36. The number of carbonyl (C=O) groups excluding carboxylic acids is 1. The van der Waals surface area contributed by atoms with Gasteiger partial charge in [0.15, 0.2) is 5.82 Å². The molecule has 3 aromatic rings. The first-order valence-electron chi connectivity index (χ1n) is 11.0. The van der Waals surface area contributed by atoms with Crippen molar-refractivity contribution >= 4 is 29.0 Å². The van der Waals surface area contributed by atoms with Gasteiger partial charge in [0.05, 0.1) is 41.0 Å². The first-order chi connectivity index (χ1) is 16.5. The Morgan fingerprint density at radius 2 is 1.82 bits per heavy atom. The van der Waals surface area contributed by atoms with Gasteiger partial charge in [0, 0.05) is 49.3 Å². The molecule has 174 valence electrons. The summed E-state index contributed by atoms with van der Waals surface area (Å²) in [6.07, 6.45) is 0.575. The minimum absolute atomic E-state index is 0.0640. The molecule has 3 heterocycles. The number of anilines is 1. The number of benzene rings is 2. The number of rotatable bonds is 4. The molecule has 0 bridgehead atoms. The minimum Gasteiger partial charge on any atom is -0.378 e. The summed E-state index contributed by atoms with van der Waals surface area (Å²) >= 11 is 6.23. The van der Waals surface area contributed by atoms with Crippen LogP contribution >= 0.6 is 11.6 Å². The number of non-ortho nitro benzene ring substituents is 1. The topological polar surface area (TPSA) is 102 Å². The van der Waals surface area contributed by atoms with Crippen molar-refractivity contribution in [1.29, 1.82) is 0 Å². The molecule has 0 spiro atoms. The van der Waals surface area contributed by atoms with Crippen molar-refractivity contribution in [2.75, 3.05) is 37.7 Å². The molecule has 0 N–H and O–H groups in total. The van der Waals surface area contributed by atoms with Gasteiger partial charge in [-0.25, -0.2) is 9.97 Å². The van der Waals surface area contributed by atoms with Crippen LogP contribution in [-0.4, -0.2) is 58.5 Å². The molecule has 1 amide bonds. The number of morpholine rings is 1. The van der Waals surface area contributed by atoms with E-state index in [9.17, 15) is 14.9 Å². The lowest BCUT2D eigenvalue weighted by Crippen LogP contribution is -2.41. The number of nitro groups is 1. The highest BCUT2D eigenvalue weighted by Gasteiger charge is 2.30. The SMILES string of the molecule is O=C(c1ccc([N+](=O)[O-])cc1Cl)N1CCc2nc(-c3ccccc3)nc(N3CCOCC3)c2C1. The Bertz CT molecular complexity index is 1250. The Hall–Kier alpha value is -3.56. The van der Waals surface area contributed by atoms with Crippen molar-refractivity contribution in [3.05, 3.63) is 80.5 Å². The molecule has 5 rings (SSSR count). The number of fused-ring (bicyclic) bond motifs is 1. The van der Waals surface area contributed by atoms with Crippen LogP contribution in [0.2, 0.25) is 5.02 Å². The summed E-state index contributed by atoms with van der Waals surface area (Å²) < 4.78 is 5.52. The van der Waals surface area contributed by atoms with Gasteiger partial charge in [-0.2, -0.15) is 0 Å². The number of amides is 1. The van der Waals surface area contributed by atoms with Crippen LogP contribution in [0.15, 0.2) is 48.5 Å². The van der Waals surface area contributed by atoms with Gasteiger partial charge in [-0.3, -0.25) is 14.9 Å². The predicted octanol–water partition coefficient (Wildman–Crippen LogP) is 3.74. The third-order valence-electron chi connectivity index (χ3n) is 6.06. The highest BCUT2D eigenvalue weighted by atomic mass is 35.5. The maximum Gasteiger partial charge on any atom is 0.270 e. The number of ether oxygens (including phenoxy) is 1. The molecule has 0 unspecified atom stereocenters. The van der Waals surface area contributed by atoms with Gasteiger partial charge in [-0.1, -0.05) is 41.9 Å². The fourth-order valence-electron chi connectivity index (χ4n) is 4.28. The Balaban J connectivity index is 1.49. The fraction of sp³-hybridized carbons (Fsp3) is 0.292. The average Bonchev–Trinajstić information content (AvgIpc) is 2.88. The third-order valence-corrected chi connectivity index (χ3v) is 6.37. The zero-order chi connectivity index (χ0) is 23.7. The standard InChI is InChI=1S/C24H22ClN5O4/c25-20-14-17(30(32)33)6-7-18(20)24(31)29-9-8-21-19(15-29)23(28-10-12-34-13-11-28)27-22(26-21)16-4-2-1-3-5-16/h1-7,14H,8-13,15H2. The second-order valence-corrected chi connectivity index (χ2v) is 8.57. The van der Waals surface area contributed by atoms with Crippen LogP contribution in [0.25, 0.3) is 11.4 Å². The largest absolute Gasteiger partial charge is 0.378 e. The molecule has 0 atom stereocenters. The third kappa shape index (κ3) is 4.32. The lowest BCUT2D eigenvalue weighted by Gasteiger charge is -2.34. The summed E-state index contributed by atoms with van der Waals surface area (Å²) in [5, 5.41) is 11.1. The van der Waals surface area contributed by atoms with Crippen molar-refractivity contribution in [1.82, 2.24) is 14.9 Å². The number of nitrogens with zero attached hydrogens (tertiary/aromatic N) is 5. The van der Waals surface area contributed by atoms with E-state index in [2.05, 4.69) is 4.90 Å². The van der Waals surface area contributed by atoms with Gasteiger partial charge in [0.1, 0.15) is 5.82 Å². The van der Waals surface area contributed by atoms with Gasteiger partial charge in [0.25, 0.3) is 11.6 Å². The number of hydrogen-bond donors (Lipinski definition) is 0. The van der Waals surface area contributed by atoms with Crippen LogP contribution in [0.4, 0.5) is 11.5 Å². The van der Waals surface area contributed by atoms with Crippen molar-refractivity contribution in [3.8, 4) is 11.4 Å². The van der Waals surface area contributed by atoms with Crippen LogP contribution in [0.1, 0.15) is 21.6 Å². The molecule has 1 fully saturated rings. The molecule has 0 aliphatic carbocycles. The quantitative estimate of drug-likeness (QED) is 0.415. The summed E-state index contributed by atoms with van der Waals surface area (Å²) in [6.45, 7) is 3.44. The van der Waals surface area contributed by atoms with Crippen molar-refractivity contribution in [2.45, 2.75) is 13.0 Å². The number of nitro benzene ring substituents is 1. The number of hydrogen-bond acceptors (Lipinski definition) is 7. The highest BCUT2D eigenvalue weighted by Crippen LogP contribution is 2.32. The highest BCUT2D eigenvalue weighted by molar-refractivity contribution is 6.34. The maximum atomic E-state index is 13.3. The van der Waals surface area contributed by atoms with E-state index in [0.717, 1.165) is 22.6 Å². The van der Waals surface area contributed by atoms with Crippen molar-refractivity contribution in [2.24, 2.45) is 0 Å². The second-order valence-electron chi connectivity index (χ2n) is 8.16. The number of halogens is 1. The monoisotopic (exact) mass is 479 g/mol. The molecular formula is C24H22ClN5O4. The van der Waals surface area contributed by atoms with Gasteiger partial charge < -0.3 is 14.5 Å². The van der Waals surface area contributed by atoms with Gasteiger partial charge in [-0.15, -0.1) is 0 Å². The Morgan fingerprint density at radius 1 is 1.06 bits per heavy atom. The van der Waals surface area contributed by atoms with E-state index >= 15 is 0 Å². The van der Waals surface area contributed by atoms with Gasteiger partial charge in [0.2, 0.25) is 0 Å². The van der Waals surface area contributed by atoms with Crippen molar-refractivity contribution < 1.29 is 14.5 Å². The van der Waals surface area contributed by atoms with Crippen LogP contribution in [-0.2, 0) is 17.7 Å². The molecular weight excluding hydrogens is 458 g/mol. The van der Waals surface area contributed by atoms with Crippen molar-refractivity contribution in [3.63, 3.8) is 0 Å². The first kappa shape index (κ1) is 22.2. The Morgan fingerprint density at radius 3 is 2.53 bits per heavy atom. The summed E-state index contributed by atoms with van der Waals surface area (Å²) in [4.78, 5) is 37.4. The molecule has 2 aliphatic rings. The zero-order valence-electron chi connectivity index (χ0n) is 18.3. The fourth-order valence-corrected chi connectivity index (χ4v) is 4.54. The van der Waals surface area contributed by atoms with E-state index in [1.165, 1.54) is 18.2 Å². The predicted molar refractivity (Wildman–Crippen MR) is 127 cm³/mol. The lowest BCUT2D eigenvalue weighted by atomic mass is 10.0. The number of carbonyl (C=O) groups is 1. The number of aromatic nitrogens is 2. The van der Waals surface area contributed by atoms with E-state index in [0.29, 0.717) is 51.6 Å². The van der Waals surface area contributed by atoms with E-state index in [1.54, 1.807) is 4.90 Å². The molecule has 0 saturated carbocycles. The average molecular weight is 480 g/mol. The zero-order valence-corrected chi connectivity index (χ0v) is 19.1. The van der Waals surface area contributed by atoms with Gasteiger partial charge in [-0.05, 0) is 6.07 Å². The molecule has 2 aliphatic heterocycles. The summed E-state index contributed by atoms with van der Waals surface area (Å²) in [7, 11) is 0. The van der Waals surface area contributed by atoms with Crippen LogP contribution in [0, 0.1) is 10.1 Å². The van der Waals surface area contributed by atoms with Gasteiger partial charge >= 0.3 is 0 Å². The Kier molecular flexibility index (Phi) is 6.12. The summed E-state index contributed by atoms with van der Waals surface area (Å²) in [5.41, 5.74) is 2.87. The first-order valence-corrected chi connectivity index (χ1v) is 11.4. The van der Waals surface area contributed by atoms with Crippen LogP contribution in [0.5, 0.6) is 0 Å². The van der Waals surface area contributed by atoms with E-state index < -0.39 is 4.92 Å². The minimum atomic E-state index is -0.534. The maximum absolute atomic E-state index is 13.3. The summed E-state index contributed by atoms with van der Waals surface area (Å²) in [5.74, 6) is 1.21. The smallest absolute Gasteiger partial charge is 0.270 e. The molecule has 34 heavy (non-hydrogen) atoms. The molecule has 9 nitrogen and oxygen atoms in total. The lowest BCUT2D eigenvalue weighted by molar-refractivity contribution is -0.384. The molecule has 1 aromatic heterocycles. The molecule has 2 aromatic carbocycles. The molecule has 10 heteroatoms. The van der Waals surface area contributed by atoms with E-state index in [1.807, 2.05) is 30.3 Å². The van der Waals surface area contributed by atoms with Crippen LogP contribution < -0.4 is 4.90 Å². The molecule has 1 saturated heterocycles. The Labute approximate surface area is 201 Å². The summed E-state index contributed by atoms with van der Waals surface area (Å²) in [6, 6.07) is 13.8. The normalized spacial score (nSPS) is 15.7.